The standard InChI is InChI=1S/C15H24BrNOS/c1-5-6-7-14(17-19(18)15(2,3)4)12-8-10-13(16)11-9-12/h8-11,14,17H,5-7H2,1-4H3/t14-,19-/m0/s1. The summed E-state index contributed by atoms with van der Waals surface area (Å²) < 4.78 is 16.4. The van der Waals surface area contributed by atoms with Gasteiger partial charge in [0.25, 0.3) is 0 Å². The molecule has 0 unspecified atom stereocenters. The summed E-state index contributed by atoms with van der Waals surface area (Å²) in [5.41, 5.74) is 1.20. The Labute approximate surface area is 128 Å². The Hall–Kier alpha value is -0.190. The second-order valence-electron chi connectivity index (χ2n) is 5.75. The fourth-order valence-corrected chi connectivity index (χ4v) is 2.83. The average Bonchev–Trinajstić information content (AvgIpc) is 2.34. The molecule has 0 aliphatic rings. The summed E-state index contributed by atoms with van der Waals surface area (Å²) in [6.07, 6.45) is 3.30. The number of hydrogen-bond acceptors (Lipinski definition) is 1. The van der Waals surface area contributed by atoms with E-state index in [4.69, 9.17) is 0 Å². The van der Waals surface area contributed by atoms with Crippen LogP contribution in [0.3, 0.4) is 0 Å². The molecule has 4 heteroatoms. The first kappa shape index (κ1) is 16.9. The summed E-state index contributed by atoms with van der Waals surface area (Å²) in [6, 6.07) is 8.42. The van der Waals surface area contributed by atoms with E-state index >= 15 is 0 Å². The van der Waals surface area contributed by atoms with Crippen LogP contribution in [0.1, 0.15) is 58.6 Å². The van der Waals surface area contributed by atoms with Gasteiger partial charge in [-0.25, -0.2) is 8.93 Å². The molecule has 0 spiro atoms. The normalized spacial score (nSPS) is 15.2. The largest absolute Gasteiger partial charge is 0.242 e. The van der Waals surface area contributed by atoms with Crippen molar-refractivity contribution in [2.75, 3.05) is 0 Å². The van der Waals surface area contributed by atoms with Crippen LogP contribution in [0.15, 0.2) is 28.7 Å². The van der Waals surface area contributed by atoms with Crippen LogP contribution in [0.5, 0.6) is 0 Å². The fourth-order valence-electron chi connectivity index (χ4n) is 1.70. The fraction of sp³-hybridized carbons (Fsp3) is 0.600. The molecule has 0 radical (unpaired) electrons. The van der Waals surface area contributed by atoms with E-state index in [1.165, 1.54) is 5.56 Å². The maximum Gasteiger partial charge on any atom is 0.0975 e. The molecule has 1 aromatic rings. The molecule has 0 heterocycles. The lowest BCUT2D eigenvalue weighted by Gasteiger charge is -2.24. The van der Waals surface area contributed by atoms with Crippen LogP contribution >= 0.6 is 15.9 Å². The van der Waals surface area contributed by atoms with Gasteiger partial charge >= 0.3 is 0 Å². The van der Waals surface area contributed by atoms with Gasteiger partial charge in [-0.15, -0.1) is 0 Å². The van der Waals surface area contributed by atoms with E-state index in [1.54, 1.807) is 0 Å². The van der Waals surface area contributed by atoms with Crippen molar-refractivity contribution in [3.8, 4) is 0 Å². The second-order valence-corrected chi connectivity index (χ2v) is 8.66. The maximum absolute atomic E-state index is 12.3. The molecule has 1 N–H and O–H groups in total. The number of benzene rings is 1. The van der Waals surface area contributed by atoms with E-state index < -0.39 is 11.0 Å². The van der Waals surface area contributed by atoms with Crippen LogP contribution in [-0.4, -0.2) is 8.96 Å². The molecule has 108 valence electrons. The van der Waals surface area contributed by atoms with Crippen molar-refractivity contribution in [1.82, 2.24) is 4.72 Å². The van der Waals surface area contributed by atoms with Gasteiger partial charge in [-0.3, -0.25) is 0 Å². The molecular weight excluding hydrogens is 322 g/mol. The summed E-state index contributed by atoms with van der Waals surface area (Å²) in [7, 11) is -1.04. The first-order valence-electron chi connectivity index (χ1n) is 6.78. The molecule has 0 bridgehead atoms. The van der Waals surface area contributed by atoms with Gasteiger partial charge in [0.15, 0.2) is 0 Å². The summed E-state index contributed by atoms with van der Waals surface area (Å²) in [5, 5.41) is 0. The zero-order valence-corrected chi connectivity index (χ0v) is 14.6. The Bertz CT molecular complexity index is 411. The van der Waals surface area contributed by atoms with Crippen molar-refractivity contribution in [1.29, 1.82) is 0 Å². The lowest BCUT2D eigenvalue weighted by molar-refractivity contribution is 0.548. The van der Waals surface area contributed by atoms with Gasteiger partial charge in [0.05, 0.1) is 15.7 Å². The third-order valence-corrected chi connectivity index (χ3v) is 5.06. The third-order valence-electron chi connectivity index (χ3n) is 2.92. The highest BCUT2D eigenvalue weighted by Gasteiger charge is 2.23. The van der Waals surface area contributed by atoms with Crippen molar-refractivity contribution in [3.63, 3.8) is 0 Å². The van der Waals surface area contributed by atoms with Crippen molar-refractivity contribution >= 4 is 26.9 Å². The van der Waals surface area contributed by atoms with Crippen molar-refractivity contribution in [2.24, 2.45) is 0 Å². The van der Waals surface area contributed by atoms with Gasteiger partial charge in [-0.2, -0.15) is 0 Å². The van der Waals surface area contributed by atoms with Crippen LogP contribution in [0.2, 0.25) is 0 Å². The lowest BCUT2D eigenvalue weighted by Crippen LogP contribution is -2.35. The van der Waals surface area contributed by atoms with Gasteiger partial charge in [-0.05, 0) is 44.9 Å². The topological polar surface area (TPSA) is 29.1 Å². The Morgan fingerprint density at radius 2 is 1.84 bits per heavy atom. The zero-order chi connectivity index (χ0) is 14.5. The number of halogens is 1. The number of hydrogen-bond donors (Lipinski definition) is 1. The van der Waals surface area contributed by atoms with Crippen molar-refractivity contribution < 1.29 is 4.21 Å². The van der Waals surface area contributed by atoms with E-state index in [2.05, 4.69) is 39.7 Å². The molecule has 0 amide bonds. The predicted octanol–water partition coefficient (Wildman–Crippen LogP) is 4.73. The molecule has 0 aliphatic heterocycles. The quantitative estimate of drug-likeness (QED) is 0.792. The highest BCUT2D eigenvalue weighted by atomic mass is 79.9. The smallest absolute Gasteiger partial charge is 0.0975 e. The summed E-state index contributed by atoms with van der Waals surface area (Å²) >= 11 is 3.45. The number of unbranched alkanes of at least 4 members (excludes halogenated alkanes) is 1. The molecular formula is C15H24BrNOS. The van der Waals surface area contributed by atoms with Gasteiger partial charge in [0.1, 0.15) is 0 Å². The van der Waals surface area contributed by atoms with Gasteiger partial charge < -0.3 is 0 Å². The highest BCUT2D eigenvalue weighted by Crippen LogP contribution is 2.23. The minimum Gasteiger partial charge on any atom is -0.242 e. The van der Waals surface area contributed by atoms with E-state index in [0.29, 0.717) is 0 Å². The minimum absolute atomic E-state index is 0.160. The minimum atomic E-state index is -1.04. The summed E-state index contributed by atoms with van der Waals surface area (Å²) in [5.74, 6) is 0. The molecule has 0 aliphatic carbocycles. The lowest BCUT2D eigenvalue weighted by atomic mass is 10.0. The third kappa shape index (κ3) is 5.76. The van der Waals surface area contributed by atoms with Crippen LogP contribution < -0.4 is 4.72 Å². The predicted molar refractivity (Wildman–Crippen MR) is 87.4 cm³/mol. The first-order chi connectivity index (χ1) is 8.84. The molecule has 2 atom stereocenters. The van der Waals surface area contributed by atoms with Crippen molar-refractivity contribution in [3.05, 3.63) is 34.3 Å². The average molecular weight is 346 g/mol. The molecule has 0 fully saturated rings. The number of rotatable bonds is 6. The van der Waals surface area contributed by atoms with Gasteiger partial charge in [0.2, 0.25) is 0 Å². The van der Waals surface area contributed by atoms with Gasteiger partial charge in [-0.1, -0.05) is 47.8 Å². The van der Waals surface area contributed by atoms with Crippen LogP contribution in [-0.2, 0) is 11.0 Å². The van der Waals surface area contributed by atoms with Crippen LogP contribution in [0, 0.1) is 0 Å². The Morgan fingerprint density at radius 3 is 2.32 bits per heavy atom. The molecule has 0 saturated carbocycles. The van der Waals surface area contributed by atoms with E-state index in [1.807, 2.05) is 32.9 Å². The molecule has 1 aromatic carbocycles. The zero-order valence-electron chi connectivity index (χ0n) is 12.2. The number of nitrogens with one attached hydrogen (secondary N) is 1. The van der Waals surface area contributed by atoms with E-state index in [-0.39, 0.29) is 10.8 Å². The Morgan fingerprint density at radius 1 is 1.26 bits per heavy atom. The first-order valence-corrected chi connectivity index (χ1v) is 8.72. The second kappa shape index (κ2) is 7.55. The highest BCUT2D eigenvalue weighted by molar-refractivity contribution is 9.10. The molecule has 0 aromatic heterocycles. The Balaban J connectivity index is 2.83. The summed E-state index contributed by atoms with van der Waals surface area (Å²) in [6.45, 7) is 8.16. The van der Waals surface area contributed by atoms with E-state index in [0.717, 1.165) is 23.7 Å². The molecule has 2 nitrogen and oxygen atoms in total. The van der Waals surface area contributed by atoms with Crippen molar-refractivity contribution in [2.45, 2.75) is 57.7 Å². The molecule has 19 heavy (non-hydrogen) atoms. The van der Waals surface area contributed by atoms with Gasteiger partial charge in [0, 0.05) is 10.5 Å². The monoisotopic (exact) mass is 345 g/mol. The van der Waals surface area contributed by atoms with Crippen LogP contribution in [0.25, 0.3) is 0 Å². The Kier molecular flexibility index (Phi) is 6.71. The maximum atomic E-state index is 12.3. The van der Waals surface area contributed by atoms with Crippen LogP contribution in [0.4, 0.5) is 0 Å². The summed E-state index contributed by atoms with van der Waals surface area (Å²) in [4.78, 5) is 0. The molecule has 1 rings (SSSR count). The van der Waals surface area contributed by atoms with E-state index in [9.17, 15) is 4.21 Å². The SMILES string of the molecule is CCCC[C@H](N[S@@](=O)C(C)(C)C)c1ccc(Br)cc1. The molecule has 0 saturated heterocycles.